The highest BCUT2D eigenvalue weighted by Gasteiger charge is 2.04. The summed E-state index contributed by atoms with van der Waals surface area (Å²) >= 11 is 0. The van der Waals surface area contributed by atoms with Gasteiger partial charge in [0.1, 0.15) is 5.69 Å². The van der Waals surface area contributed by atoms with Gasteiger partial charge in [-0.2, -0.15) is 0 Å². The molecule has 0 amide bonds. The maximum Gasteiger partial charge on any atom is 0.269 e. The first kappa shape index (κ1) is 12.6. The summed E-state index contributed by atoms with van der Waals surface area (Å²) in [6.45, 7) is 0. The summed E-state index contributed by atoms with van der Waals surface area (Å²) in [4.78, 5) is 25.7. The van der Waals surface area contributed by atoms with E-state index in [9.17, 15) is 14.9 Å². The normalized spacial score (nSPS) is 10.5. The van der Waals surface area contributed by atoms with E-state index in [0.717, 1.165) is 5.56 Å². The molecule has 0 saturated heterocycles. The van der Waals surface area contributed by atoms with E-state index in [1.807, 2.05) is 0 Å². The van der Waals surface area contributed by atoms with E-state index in [1.54, 1.807) is 42.6 Å². The van der Waals surface area contributed by atoms with Gasteiger partial charge >= 0.3 is 0 Å². The Labute approximate surface area is 109 Å². The molecule has 19 heavy (non-hydrogen) atoms. The van der Waals surface area contributed by atoms with Crippen molar-refractivity contribution in [2.45, 2.75) is 0 Å². The molecule has 0 atom stereocenters. The number of non-ortho nitro benzene ring substituents is 1. The molecule has 0 radical (unpaired) electrons. The van der Waals surface area contributed by atoms with Crippen LogP contribution in [-0.4, -0.2) is 15.7 Å². The molecular weight excluding hydrogens is 244 g/mol. The molecule has 0 aliphatic carbocycles. The first-order valence-corrected chi connectivity index (χ1v) is 5.55. The van der Waals surface area contributed by atoms with Gasteiger partial charge in [0.05, 0.1) is 4.92 Å². The van der Waals surface area contributed by atoms with Crippen molar-refractivity contribution in [3.8, 4) is 0 Å². The number of nitro benzene ring substituents is 1. The highest BCUT2D eigenvalue weighted by atomic mass is 16.6. The molecule has 0 aliphatic rings. The van der Waals surface area contributed by atoms with Crippen LogP contribution < -0.4 is 0 Å². The van der Waals surface area contributed by atoms with Gasteiger partial charge in [-0.3, -0.25) is 19.9 Å². The predicted octanol–water partition coefficient (Wildman–Crippen LogP) is 2.89. The molecule has 0 fully saturated rings. The zero-order valence-electron chi connectivity index (χ0n) is 9.89. The van der Waals surface area contributed by atoms with E-state index in [2.05, 4.69) is 4.98 Å². The third-order valence-electron chi connectivity index (χ3n) is 2.45. The van der Waals surface area contributed by atoms with Crippen LogP contribution in [0.15, 0.2) is 54.7 Å². The average Bonchev–Trinajstić information content (AvgIpc) is 2.46. The molecule has 94 valence electrons. The number of hydrogen-bond acceptors (Lipinski definition) is 4. The molecule has 0 bridgehead atoms. The van der Waals surface area contributed by atoms with Crippen LogP contribution in [0.1, 0.15) is 16.1 Å². The number of ketones is 1. The summed E-state index contributed by atoms with van der Waals surface area (Å²) in [6, 6.07) is 11.1. The van der Waals surface area contributed by atoms with Gasteiger partial charge in [-0.1, -0.05) is 12.1 Å². The Bertz CT molecular complexity index is 619. The number of carbonyl (C=O) groups excluding carboxylic acids is 1. The first-order valence-electron chi connectivity index (χ1n) is 5.55. The molecule has 0 N–H and O–H groups in total. The van der Waals surface area contributed by atoms with Crippen molar-refractivity contribution in [3.05, 3.63) is 76.1 Å². The second-order valence-corrected chi connectivity index (χ2v) is 3.76. The Morgan fingerprint density at radius 3 is 2.47 bits per heavy atom. The number of nitro groups is 1. The van der Waals surface area contributed by atoms with Gasteiger partial charge in [-0.25, -0.2) is 0 Å². The molecule has 1 aromatic heterocycles. The first-order chi connectivity index (χ1) is 9.16. The smallest absolute Gasteiger partial charge is 0.269 e. The lowest BCUT2D eigenvalue weighted by Gasteiger charge is -1.95. The van der Waals surface area contributed by atoms with Crippen LogP contribution in [0, 0.1) is 10.1 Å². The number of benzene rings is 1. The van der Waals surface area contributed by atoms with Crippen LogP contribution >= 0.6 is 0 Å². The molecule has 5 heteroatoms. The molecule has 1 heterocycles. The van der Waals surface area contributed by atoms with Crippen LogP contribution in [-0.2, 0) is 0 Å². The fourth-order valence-electron chi connectivity index (χ4n) is 1.47. The zero-order chi connectivity index (χ0) is 13.7. The lowest BCUT2D eigenvalue weighted by Crippen LogP contribution is -1.96. The minimum atomic E-state index is -0.466. The van der Waals surface area contributed by atoms with Crippen LogP contribution in [0.25, 0.3) is 6.08 Å². The Hall–Kier alpha value is -2.82. The van der Waals surface area contributed by atoms with E-state index in [1.165, 1.54) is 18.2 Å². The fraction of sp³-hybridized carbons (Fsp3) is 0. The number of pyridine rings is 1. The largest absolute Gasteiger partial charge is 0.288 e. The van der Waals surface area contributed by atoms with Gasteiger partial charge in [0.15, 0.2) is 0 Å². The number of allylic oxidation sites excluding steroid dienone is 1. The lowest BCUT2D eigenvalue weighted by atomic mass is 10.1. The molecule has 5 nitrogen and oxygen atoms in total. The molecule has 2 rings (SSSR count). The lowest BCUT2D eigenvalue weighted by molar-refractivity contribution is -0.384. The van der Waals surface area contributed by atoms with Crippen molar-refractivity contribution in [2.24, 2.45) is 0 Å². The SMILES string of the molecule is O=C(/C=C/c1ccc([N+](=O)[O-])cc1)c1ccccn1. The molecule has 2 aromatic rings. The summed E-state index contributed by atoms with van der Waals surface area (Å²) in [7, 11) is 0. The highest BCUT2D eigenvalue weighted by molar-refractivity contribution is 6.05. The van der Waals surface area contributed by atoms with Crippen molar-refractivity contribution < 1.29 is 9.72 Å². The second-order valence-electron chi connectivity index (χ2n) is 3.76. The maximum atomic E-state index is 11.7. The van der Waals surface area contributed by atoms with Crippen LogP contribution in [0.3, 0.4) is 0 Å². The van der Waals surface area contributed by atoms with Gasteiger partial charge in [0.25, 0.3) is 5.69 Å². The van der Waals surface area contributed by atoms with Gasteiger partial charge in [-0.05, 0) is 35.9 Å². The van der Waals surface area contributed by atoms with Gasteiger partial charge in [0, 0.05) is 18.3 Å². The average molecular weight is 254 g/mol. The van der Waals surface area contributed by atoms with Crippen molar-refractivity contribution in [1.29, 1.82) is 0 Å². The quantitative estimate of drug-likeness (QED) is 0.364. The monoisotopic (exact) mass is 254 g/mol. The summed E-state index contributed by atoms with van der Waals surface area (Å²) in [5.74, 6) is -0.209. The second kappa shape index (κ2) is 5.68. The van der Waals surface area contributed by atoms with Gasteiger partial charge in [0.2, 0.25) is 5.78 Å². The van der Waals surface area contributed by atoms with Crippen LogP contribution in [0.4, 0.5) is 5.69 Å². The molecular formula is C14H10N2O3. The predicted molar refractivity (Wildman–Crippen MR) is 70.7 cm³/mol. The van der Waals surface area contributed by atoms with Crippen molar-refractivity contribution in [2.75, 3.05) is 0 Å². The van der Waals surface area contributed by atoms with E-state index in [4.69, 9.17) is 0 Å². The highest BCUT2D eigenvalue weighted by Crippen LogP contribution is 2.13. The topological polar surface area (TPSA) is 73.1 Å². The number of nitrogens with zero attached hydrogens (tertiary/aromatic N) is 2. The molecule has 0 aliphatic heterocycles. The Morgan fingerprint density at radius 2 is 1.89 bits per heavy atom. The molecule has 0 unspecified atom stereocenters. The number of hydrogen-bond donors (Lipinski definition) is 0. The summed E-state index contributed by atoms with van der Waals surface area (Å²) in [5, 5.41) is 10.5. The van der Waals surface area contributed by atoms with Gasteiger partial charge in [-0.15, -0.1) is 0 Å². The minimum Gasteiger partial charge on any atom is -0.288 e. The zero-order valence-corrected chi connectivity index (χ0v) is 9.89. The number of rotatable bonds is 4. The van der Waals surface area contributed by atoms with Crippen LogP contribution in [0.5, 0.6) is 0 Å². The van der Waals surface area contributed by atoms with Crippen molar-refractivity contribution in [1.82, 2.24) is 4.98 Å². The number of aromatic nitrogens is 1. The Kier molecular flexibility index (Phi) is 3.78. The fourth-order valence-corrected chi connectivity index (χ4v) is 1.47. The van der Waals surface area contributed by atoms with Crippen molar-refractivity contribution >= 4 is 17.5 Å². The minimum absolute atomic E-state index is 0.0215. The third-order valence-corrected chi connectivity index (χ3v) is 2.45. The standard InChI is InChI=1S/C14H10N2O3/c17-14(13-3-1-2-10-15-13)9-6-11-4-7-12(8-5-11)16(18)19/h1-10H/b9-6+. The number of carbonyl (C=O) groups is 1. The molecule has 0 spiro atoms. The third kappa shape index (κ3) is 3.32. The molecule has 1 aromatic carbocycles. The van der Waals surface area contributed by atoms with Crippen molar-refractivity contribution in [3.63, 3.8) is 0 Å². The summed E-state index contributed by atoms with van der Waals surface area (Å²) < 4.78 is 0. The Balaban J connectivity index is 2.10. The van der Waals surface area contributed by atoms with E-state index in [-0.39, 0.29) is 11.5 Å². The van der Waals surface area contributed by atoms with E-state index in [0.29, 0.717) is 5.69 Å². The summed E-state index contributed by atoms with van der Waals surface area (Å²) in [5.41, 5.74) is 1.10. The maximum absolute atomic E-state index is 11.7. The summed E-state index contributed by atoms with van der Waals surface area (Å²) in [6.07, 6.45) is 4.54. The van der Waals surface area contributed by atoms with E-state index < -0.39 is 4.92 Å². The molecule has 0 saturated carbocycles. The Morgan fingerprint density at radius 1 is 1.16 bits per heavy atom. The van der Waals surface area contributed by atoms with Crippen LogP contribution in [0.2, 0.25) is 0 Å². The van der Waals surface area contributed by atoms with E-state index >= 15 is 0 Å². The van der Waals surface area contributed by atoms with Gasteiger partial charge < -0.3 is 0 Å².